The minimum absolute atomic E-state index is 0.208. The lowest BCUT2D eigenvalue weighted by Gasteiger charge is -2.11. The average molecular weight is 544 g/mol. The second-order valence-corrected chi connectivity index (χ2v) is 10.3. The predicted molar refractivity (Wildman–Crippen MR) is 157 cm³/mol. The molecule has 5 nitrogen and oxygen atoms in total. The van der Waals surface area contributed by atoms with Crippen LogP contribution in [0.2, 0.25) is 5.02 Å². The summed E-state index contributed by atoms with van der Waals surface area (Å²) in [6.07, 6.45) is 2.97. The molecule has 0 aliphatic rings. The third-order valence-electron chi connectivity index (χ3n) is 5.73. The minimum atomic E-state index is -0.363. The van der Waals surface area contributed by atoms with E-state index < -0.39 is 0 Å². The molecule has 184 valence electrons. The third-order valence-corrected chi connectivity index (χ3v) is 7.43. The maximum atomic E-state index is 12.4. The van der Waals surface area contributed by atoms with Crippen molar-refractivity contribution >= 4 is 68.2 Å². The van der Waals surface area contributed by atoms with Crippen LogP contribution in [0.15, 0.2) is 83.3 Å². The predicted octanol–water partition coefficient (Wildman–Crippen LogP) is 8.02. The summed E-state index contributed by atoms with van der Waals surface area (Å²) in [5, 5.41) is 7.60. The molecule has 1 amide bonds. The molecule has 0 atom stereocenters. The molecular weight excluding hydrogens is 522 g/mol. The highest BCUT2D eigenvalue weighted by atomic mass is 35.5. The second-order valence-electron chi connectivity index (χ2n) is 8.46. The Bertz CT molecular complexity index is 1640. The Morgan fingerprint density at radius 1 is 1.00 bits per heavy atom. The number of furan rings is 1. The van der Waals surface area contributed by atoms with Crippen LogP contribution in [0.3, 0.4) is 0 Å². The van der Waals surface area contributed by atoms with Gasteiger partial charge in [-0.1, -0.05) is 35.9 Å². The Kier molecular flexibility index (Phi) is 7.19. The molecule has 8 heteroatoms. The Balaban J connectivity index is 1.19. The molecule has 0 spiro atoms. The normalized spacial score (nSPS) is 11.2. The van der Waals surface area contributed by atoms with Gasteiger partial charge in [0.1, 0.15) is 16.5 Å². The average Bonchev–Trinajstić information content (AvgIpc) is 3.53. The van der Waals surface area contributed by atoms with Crippen LogP contribution in [-0.4, -0.2) is 16.0 Å². The lowest BCUT2D eigenvalue weighted by atomic mass is 10.1. The Morgan fingerprint density at radius 2 is 1.81 bits per heavy atom. The van der Waals surface area contributed by atoms with Crippen molar-refractivity contribution in [1.29, 1.82) is 0 Å². The SMILES string of the molecule is Cc1ccc(-c2ccc(/C=C/C(=O)NC(=S)Nc3ccc(-c4nc5ccccc5s4)cc3C)o2)cc1Cl. The van der Waals surface area contributed by atoms with Crippen LogP contribution in [0.4, 0.5) is 5.69 Å². The number of para-hydroxylation sites is 1. The number of aromatic nitrogens is 1. The van der Waals surface area contributed by atoms with E-state index in [1.807, 2.05) is 68.4 Å². The van der Waals surface area contributed by atoms with Gasteiger partial charge in [0.05, 0.1) is 10.2 Å². The zero-order valence-corrected chi connectivity index (χ0v) is 22.4. The Labute approximate surface area is 228 Å². The molecule has 0 aliphatic carbocycles. The van der Waals surface area contributed by atoms with Crippen molar-refractivity contribution in [2.24, 2.45) is 0 Å². The number of amides is 1. The summed E-state index contributed by atoms with van der Waals surface area (Å²) in [4.78, 5) is 17.1. The van der Waals surface area contributed by atoms with Gasteiger partial charge in [-0.25, -0.2) is 4.98 Å². The number of hydrogen-bond acceptors (Lipinski definition) is 5. The second kappa shape index (κ2) is 10.7. The Hall–Kier alpha value is -3.78. The van der Waals surface area contributed by atoms with E-state index in [9.17, 15) is 4.79 Å². The van der Waals surface area contributed by atoms with Gasteiger partial charge in [0.15, 0.2) is 5.11 Å². The molecule has 0 fully saturated rings. The highest BCUT2D eigenvalue weighted by molar-refractivity contribution is 7.80. The van der Waals surface area contributed by atoms with E-state index in [1.54, 1.807) is 23.5 Å². The standard InChI is InChI=1S/C29H22ClN3O2S2/c1-17-7-8-19(16-22(17)30)25-13-10-21(35-25)11-14-27(34)33-29(36)32-23-12-9-20(15-18(23)2)28-31-24-5-3-4-6-26(24)37-28/h3-16H,1-2H3,(H2,32,33,34,36)/b14-11+. The van der Waals surface area contributed by atoms with Crippen molar-refractivity contribution < 1.29 is 9.21 Å². The van der Waals surface area contributed by atoms with E-state index in [-0.39, 0.29) is 11.0 Å². The number of benzene rings is 3. The van der Waals surface area contributed by atoms with E-state index in [2.05, 4.69) is 22.8 Å². The van der Waals surface area contributed by atoms with Crippen molar-refractivity contribution in [3.05, 3.63) is 101 Å². The van der Waals surface area contributed by atoms with Crippen molar-refractivity contribution in [1.82, 2.24) is 10.3 Å². The number of carbonyl (C=O) groups excluding carboxylic acids is 1. The van der Waals surface area contributed by atoms with Gasteiger partial charge in [0.2, 0.25) is 5.91 Å². The van der Waals surface area contributed by atoms with Crippen LogP contribution in [0.1, 0.15) is 16.9 Å². The van der Waals surface area contributed by atoms with E-state index >= 15 is 0 Å². The third kappa shape index (κ3) is 5.80. The van der Waals surface area contributed by atoms with Gasteiger partial charge in [-0.3, -0.25) is 10.1 Å². The van der Waals surface area contributed by atoms with Crippen LogP contribution in [0.25, 0.3) is 38.2 Å². The maximum absolute atomic E-state index is 12.4. The first-order chi connectivity index (χ1) is 17.9. The van der Waals surface area contributed by atoms with Crippen LogP contribution in [0, 0.1) is 13.8 Å². The van der Waals surface area contributed by atoms with Crippen molar-refractivity contribution in [3.63, 3.8) is 0 Å². The van der Waals surface area contributed by atoms with Gasteiger partial charge >= 0.3 is 0 Å². The number of thiocarbonyl (C=S) groups is 1. The number of anilines is 1. The lowest BCUT2D eigenvalue weighted by molar-refractivity contribution is -0.115. The first-order valence-electron chi connectivity index (χ1n) is 11.5. The van der Waals surface area contributed by atoms with Gasteiger partial charge in [0, 0.05) is 27.9 Å². The zero-order chi connectivity index (χ0) is 25.9. The molecule has 0 unspecified atom stereocenters. The van der Waals surface area contributed by atoms with Crippen LogP contribution < -0.4 is 10.6 Å². The molecule has 5 aromatic rings. The summed E-state index contributed by atoms with van der Waals surface area (Å²) in [5.74, 6) is 0.850. The van der Waals surface area contributed by atoms with Gasteiger partial charge in [-0.05, 0) is 91.8 Å². The molecule has 3 aromatic carbocycles. The summed E-state index contributed by atoms with van der Waals surface area (Å²) < 4.78 is 6.97. The van der Waals surface area contributed by atoms with Crippen LogP contribution in [-0.2, 0) is 4.79 Å². The number of carbonyl (C=O) groups is 1. The number of halogens is 1. The van der Waals surface area contributed by atoms with Crippen LogP contribution >= 0.6 is 35.2 Å². The van der Waals surface area contributed by atoms with Crippen LogP contribution in [0.5, 0.6) is 0 Å². The fourth-order valence-corrected chi connectivity index (χ4v) is 5.09. The number of aryl methyl sites for hydroxylation is 2. The van der Waals surface area contributed by atoms with E-state index in [0.717, 1.165) is 43.2 Å². The van der Waals surface area contributed by atoms with Gasteiger partial charge in [-0.2, -0.15) is 0 Å². The molecule has 2 aromatic heterocycles. The Morgan fingerprint density at radius 3 is 2.59 bits per heavy atom. The summed E-state index contributed by atoms with van der Waals surface area (Å²) in [6.45, 7) is 3.93. The smallest absolute Gasteiger partial charge is 0.250 e. The van der Waals surface area contributed by atoms with Crippen molar-refractivity contribution in [2.45, 2.75) is 13.8 Å². The molecule has 0 radical (unpaired) electrons. The van der Waals surface area contributed by atoms with Gasteiger partial charge < -0.3 is 9.73 Å². The first kappa shape index (κ1) is 24.9. The maximum Gasteiger partial charge on any atom is 0.250 e. The molecule has 37 heavy (non-hydrogen) atoms. The molecule has 2 N–H and O–H groups in total. The van der Waals surface area contributed by atoms with Gasteiger partial charge in [0.25, 0.3) is 0 Å². The number of fused-ring (bicyclic) bond motifs is 1. The number of nitrogens with zero attached hydrogens (tertiary/aromatic N) is 1. The summed E-state index contributed by atoms with van der Waals surface area (Å²) in [7, 11) is 0. The van der Waals surface area contributed by atoms with E-state index in [0.29, 0.717) is 16.5 Å². The zero-order valence-electron chi connectivity index (χ0n) is 20.0. The van der Waals surface area contributed by atoms with Gasteiger partial charge in [-0.15, -0.1) is 11.3 Å². The number of nitrogens with one attached hydrogen (secondary N) is 2. The summed E-state index contributed by atoms with van der Waals surface area (Å²) in [6, 6.07) is 23.4. The van der Waals surface area contributed by atoms with E-state index in [1.165, 1.54) is 6.08 Å². The number of rotatable bonds is 5. The molecule has 2 heterocycles. The topological polar surface area (TPSA) is 67.2 Å². The van der Waals surface area contributed by atoms with Crippen molar-refractivity contribution in [2.75, 3.05) is 5.32 Å². The lowest BCUT2D eigenvalue weighted by Crippen LogP contribution is -2.33. The van der Waals surface area contributed by atoms with E-state index in [4.69, 9.17) is 33.2 Å². The monoisotopic (exact) mass is 543 g/mol. The molecule has 0 aliphatic heterocycles. The fourth-order valence-electron chi connectivity index (χ4n) is 3.74. The molecular formula is C29H22ClN3O2S2. The number of hydrogen-bond donors (Lipinski definition) is 2. The molecule has 0 saturated carbocycles. The quantitative estimate of drug-likeness (QED) is 0.173. The fraction of sp³-hybridized carbons (Fsp3) is 0.0690. The molecule has 0 saturated heterocycles. The summed E-state index contributed by atoms with van der Waals surface area (Å²) >= 11 is 13.2. The highest BCUT2D eigenvalue weighted by Gasteiger charge is 2.10. The largest absolute Gasteiger partial charge is 0.457 e. The van der Waals surface area contributed by atoms with Crippen molar-refractivity contribution in [3.8, 4) is 21.9 Å². The molecule has 0 bridgehead atoms. The first-order valence-corrected chi connectivity index (χ1v) is 13.1. The molecule has 5 rings (SSSR count). The number of thiazole rings is 1. The highest BCUT2D eigenvalue weighted by Crippen LogP contribution is 2.32. The summed E-state index contributed by atoms with van der Waals surface area (Å²) in [5.41, 5.74) is 5.69. The minimum Gasteiger partial charge on any atom is -0.457 e.